The van der Waals surface area contributed by atoms with Crippen molar-refractivity contribution in [1.29, 1.82) is 0 Å². The van der Waals surface area contributed by atoms with Crippen LogP contribution in [0.1, 0.15) is 67.2 Å². The predicted molar refractivity (Wildman–Crippen MR) is 117 cm³/mol. The number of carbonyl (C=O) groups excluding carboxylic acids is 2. The summed E-state index contributed by atoms with van der Waals surface area (Å²) in [4.78, 5) is 27.7. The van der Waals surface area contributed by atoms with E-state index in [1.807, 2.05) is 4.90 Å². The molecule has 2 fully saturated rings. The lowest BCUT2D eigenvalue weighted by atomic mass is 9.98. The van der Waals surface area contributed by atoms with Crippen LogP contribution in [0.25, 0.3) is 0 Å². The summed E-state index contributed by atoms with van der Waals surface area (Å²) in [6.07, 6.45) is 5.61. The van der Waals surface area contributed by atoms with Crippen LogP contribution in [0, 0.1) is 19.8 Å². The summed E-state index contributed by atoms with van der Waals surface area (Å²) in [5.41, 5.74) is 1.16. The van der Waals surface area contributed by atoms with Gasteiger partial charge in [0.2, 0.25) is 15.9 Å². The second-order valence-corrected chi connectivity index (χ2v) is 10.5. The molecule has 1 amide bonds. The van der Waals surface area contributed by atoms with Gasteiger partial charge in [-0.05, 0) is 46.5 Å². The lowest BCUT2D eigenvalue weighted by Gasteiger charge is -2.34. The van der Waals surface area contributed by atoms with Gasteiger partial charge in [0.15, 0.2) is 0 Å². The summed E-state index contributed by atoms with van der Waals surface area (Å²) >= 11 is 0. The number of rotatable bonds is 5. The average molecular weight is 454 g/mol. The van der Waals surface area contributed by atoms with Gasteiger partial charge in [-0.3, -0.25) is 4.79 Å². The Morgan fingerprint density at radius 2 is 1.65 bits per heavy atom. The lowest BCUT2D eigenvalue weighted by molar-refractivity contribution is -0.136. The number of amides is 1. The van der Waals surface area contributed by atoms with Crippen molar-refractivity contribution in [2.24, 2.45) is 13.0 Å². The number of hydrogen-bond donors (Lipinski definition) is 0. The van der Waals surface area contributed by atoms with Gasteiger partial charge >= 0.3 is 5.97 Å². The average Bonchev–Trinajstić information content (AvgIpc) is 2.94. The number of likely N-dealkylation sites (tertiary alicyclic amines) is 1. The van der Waals surface area contributed by atoms with Gasteiger partial charge in [0.05, 0.1) is 12.5 Å². The largest absolute Gasteiger partial charge is 0.462 e. The highest BCUT2D eigenvalue weighted by molar-refractivity contribution is 7.89. The highest BCUT2D eigenvalue weighted by Gasteiger charge is 2.39. The van der Waals surface area contributed by atoms with Crippen molar-refractivity contribution < 1.29 is 22.7 Å². The van der Waals surface area contributed by atoms with Gasteiger partial charge in [-0.1, -0.05) is 12.8 Å². The molecule has 3 heterocycles. The second-order valence-electron chi connectivity index (χ2n) is 8.60. The molecule has 0 aromatic carbocycles. The first-order chi connectivity index (χ1) is 14.7. The minimum Gasteiger partial charge on any atom is -0.462 e. The van der Waals surface area contributed by atoms with E-state index in [4.69, 9.17) is 4.74 Å². The van der Waals surface area contributed by atoms with Crippen molar-refractivity contribution >= 4 is 21.9 Å². The summed E-state index contributed by atoms with van der Waals surface area (Å²) in [5.74, 6) is -0.900. The van der Waals surface area contributed by atoms with E-state index in [9.17, 15) is 18.0 Å². The molecule has 0 N–H and O–H groups in total. The number of hydrogen-bond acceptors (Lipinski definition) is 5. The molecule has 0 unspecified atom stereocenters. The van der Waals surface area contributed by atoms with Gasteiger partial charge < -0.3 is 14.2 Å². The van der Waals surface area contributed by atoms with Crippen LogP contribution >= 0.6 is 0 Å². The van der Waals surface area contributed by atoms with Gasteiger partial charge in [0, 0.05) is 44.6 Å². The van der Waals surface area contributed by atoms with Crippen LogP contribution in [-0.4, -0.2) is 66.9 Å². The standard InChI is InChI=1S/C22H35N3O5S/c1-5-30-22(27)19-16(2)23(4)17(3)20(19)31(28,29)25-14-10-11-18(15-25)21(26)24-12-8-6-7-9-13-24/h18H,5-15H2,1-4H3/t18-/m0/s1. The van der Waals surface area contributed by atoms with Gasteiger partial charge in [-0.25, -0.2) is 13.2 Å². The zero-order valence-corrected chi connectivity index (χ0v) is 20.0. The van der Waals surface area contributed by atoms with E-state index >= 15 is 0 Å². The van der Waals surface area contributed by atoms with Crippen molar-refractivity contribution in [3.8, 4) is 0 Å². The Morgan fingerprint density at radius 1 is 1.00 bits per heavy atom. The van der Waals surface area contributed by atoms with Crippen LogP contribution in [0.3, 0.4) is 0 Å². The third-order valence-corrected chi connectivity index (χ3v) is 8.68. The Morgan fingerprint density at radius 3 is 2.26 bits per heavy atom. The number of sulfonamides is 1. The minimum absolute atomic E-state index is 0.00817. The summed E-state index contributed by atoms with van der Waals surface area (Å²) in [6.45, 7) is 7.31. The second kappa shape index (κ2) is 9.73. The molecule has 3 rings (SSSR count). The van der Waals surface area contributed by atoms with Gasteiger partial charge in [-0.2, -0.15) is 4.31 Å². The minimum atomic E-state index is -3.95. The Hall–Kier alpha value is -1.87. The van der Waals surface area contributed by atoms with E-state index < -0.39 is 16.0 Å². The van der Waals surface area contributed by atoms with E-state index in [0.717, 1.165) is 38.8 Å². The Kier molecular flexibility index (Phi) is 7.47. The van der Waals surface area contributed by atoms with Crippen LogP contribution < -0.4 is 0 Å². The van der Waals surface area contributed by atoms with E-state index in [2.05, 4.69) is 0 Å². The van der Waals surface area contributed by atoms with Crippen molar-refractivity contribution in [2.45, 2.75) is 64.2 Å². The molecule has 174 valence electrons. The third-order valence-electron chi connectivity index (χ3n) is 6.65. The molecule has 0 radical (unpaired) electrons. The smallest absolute Gasteiger partial charge is 0.341 e. The van der Waals surface area contributed by atoms with Gasteiger partial charge in [0.1, 0.15) is 10.5 Å². The van der Waals surface area contributed by atoms with Crippen LogP contribution in [0.4, 0.5) is 0 Å². The zero-order valence-electron chi connectivity index (χ0n) is 19.1. The number of aromatic nitrogens is 1. The molecular weight excluding hydrogens is 418 g/mol. The van der Waals surface area contributed by atoms with E-state index in [0.29, 0.717) is 30.8 Å². The van der Waals surface area contributed by atoms with Crippen LogP contribution in [0.2, 0.25) is 0 Å². The van der Waals surface area contributed by atoms with Gasteiger partial charge in [0.25, 0.3) is 0 Å². The summed E-state index contributed by atoms with van der Waals surface area (Å²) in [6, 6.07) is 0. The molecule has 1 atom stereocenters. The van der Waals surface area contributed by atoms with E-state index in [1.165, 1.54) is 4.31 Å². The molecule has 0 saturated carbocycles. The van der Waals surface area contributed by atoms with Crippen molar-refractivity contribution in [3.05, 3.63) is 17.0 Å². The molecule has 0 spiro atoms. The first-order valence-corrected chi connectivity index (χ1v) is 12.8. The van der Waals surface area contributed by atoms with Crippen LogP contribution in [-0.2, 0) is 26.6 Å². The molecule has 1 aromatic rings. The maximum absolute atomic E-state index is 13.7. The monoisotopic (exact) mass is 453 g/mol. The number of carbonyl (C=O) groups is 2. The molecule has 2 aliphatic rings. The fourth-order valence-electron chi connectivity index (χ4n) is 4.72. The highest BCUT2D eigenvalue weighted by Crippen LogP contribution is 2.32. The SMILES string of the molecule is CCOC(=O)c1c(S(=O)(=O)N2CCC[C@H](C(=O)N3CCCCCC3)C2)c(C)n(C)c1C. The fourth-order valence-corrected chi connectivity index (χ4v) is 6.72. The fraction of sp³-hybridized carbons (Fsp3) is 0.727. The molecule has 0 aliphatic carbocycles. The third kappa shape index (κ3) is 4.67. The molecule has 0 bridgehead atoms. The zero-order chi connectivity index (χ0) is 22.8. The predicted octanol–water partition coefficient (Wildman–Crippen LogP) is 2.62. The topological polar surface area (TPSA) is 88.9 Å². The first kappa shape index (κ1) is 23.8. The maximum atomic E-state index is 13.7. The summed E-state index contributed by atoms with van der Waals surface area (Å²) in [7, 11) is -2.21. The maximum Gasteiger partial charge on any atom is 0.341 e. The summed E-state index contributed by atoms with van der Waals surface area (Å²) < 4.78 is 35.6. The Balaban J connectivity index is 1.89. The lowest BCUT2D eigenvalue weighted by Crippen LogP contribution is -2.47. The molecule has 2 aliphatic heterocycles. The van der Waals surface area contributed by atoms with E-state index in [1.54, 1.807) is 32.4 Å². The molecule has 2 saturated heterocycles. The molecule has 8 nitrogen and oxygen atoms in total. The number of piperidine rings is 1. The van der Waals surface area contributed by atoms with Crippen LogP contribution in [0.15, 0.2) is 4.90 Å². The molecular formula is C22H35N3O5S. The Labute approximate surface area is 185 Å². The molecule has 1 aromatic heterocycles. The summed E-state index contributed by atoms with van der Waals surface area (Å²) in [5, 5.41) is 0. The first-order valence-electron chi connectivity index (χ1n) is 11.3. The van der Waals surface area contributed by atoms with Gasteiger partial charge in [-0.15, -0.1) is 0 Å². The van der Waals surface area contributed by atoms with E-state index in [-0.39, 0.29) is 35.4 Å². The number of nitrogens with zero attached hydrogens (tertiary/aromatic N) is 3. The molecule has 31 heavy (non-hydrogen) atoms. The van der Waals surface area contributed by atoms with Crippen molar-refractivity contribution in [1.82, 2.24) is 13.8 Å². The molecule has 9 heteroatoms. The number of esters is 1. The quantitative estimate of drug-likeness (QED) is 0.640. The van der Waals surface area contributed by atoms with Crippen LogP contribution in [0.5, 0.6) is 0 Å². The van der Waals surface area contributed by atoms with Crippen molar-refractivity contribution in [3.63, 3.8) is 0 Å². The number of ether oxygens (including phenoxy) is 1. The Bertz CT molecular complexity index is 929. The van der Waals surface area contributed by atoms with Crippen molar-refractivity contribution in [2.75, 3.05) is 32.8 Å². The highest BCUT2D eigenvalue weighted by atomic mass is 32.2. The normalized spacial score (nSPS) is 21.0.